The van der Waals surface area contributed by atoms with Crippen molar-refractivity contribution in [1.82, 2.24) is 10.5 Å². The Labute approximate surface area is 168 Å². The number of nitrogens with one attached hydrogen (secondary N) is 1. The van der Waals surface area contributed by atoms with Crippen LogP contribution in [0.5, 0.6) is 5.75 Å². The molecule has 0 saturated heterocycles. The van der Waals surface area contributed by atoms with Crippen LogP contribution in [0, 0.1) is 0 Å². The van der Waals surface area contributed by atoms with Gasteiger partial charge in [0.2, 0.25) is 0 Å². The predicted octanol–water partition coefficient (Wildman–Crippen LogP) is 2.81. The molecule has 7 heteroatoms. The Morgan fingerprint density at radius 2 is 1.93 bits per heavy atom. The highest BCUT2D eigenvalue weighted by Crippen LogP contribution is 2.30. The Hall–Kier alpha value is -3.61. The molecule has 1 unspecified atom stereocenters. The van der Waals surface area contributed by atoms with Crippen LogP contribution in [0.1, 0.15) is 28.7 Å². The minimum Gasteiger partial charge on any atom is -0.489 e. The van der Waals surface area contributed by atoms with Gasteiger partial charge in [-0.2, -0.15) is 0 Å². The zero-order chi connectivity index (χ0) is 20.2. The lowest BCUT2D eigenvalue weighted by Gasteiger charge is -2.22. The standard InChI is InChI=1S/C22H21N3O4/c1-2-25-19-10-6-7-11-20(19)28-14-18(22(25)27)23-21(26)17-13-16(29-24-17)12-15-8-4-3-5-9-15/h3-11,13,18H,2,12,14H2,1H3,(H,23,26). The number of nitrogens with zero attached hydrogens (tertiary/aromatic N) is 2. The summed E-state index contributed by atoms with van der Waals surface area (Å²) in [5.74, 6) is 0.495. The minimum absolute atomic E-state index is 0.0484. The van der Waals surface area contributed by atoms with E-state index in [1.165, 1.54) is 0 Å². The van der Waals surface area contributed by atoms with Gasteiger partial charge in [-0.1, -0.05) is 47.6 Å². The third kappa shape index (κ3) is 3.99. The number of benzene rings is 2. The summed E-state index contributed by atoms with van der Waals surface area (Å²) in [6.45, 7) is 2.40. The summed E-state index contributed by atoms with van der Waals surface area (Å²) in [6.07, 6.45) is 0.533. The highest BCUT2D eigenvalue weighted by atomic mass is 16.5. The van der Waals surface area contributed by atoms with E-state index < -0.39 is 11.9 Å². The normalized spacial score (nSPS) is 16.0. The third-order valence-corrected chi connectivity index (χ3v) is 4.76. The molecule has 2 aromatic carbocycles. The van der Waals surface area contributed by atoms with E-state index in [1.807, 2.05) is 61.5 Å². The van der Waals surface area contributed by atoms with Crippen LogP contribution in [0.2, 0.25) is 0 Å². The first-order chi connectivity index (χ1) is 14.2. The average molecular weight is 391 g/mol. The van der Waals surface area contributed by atoms with E-state index in [1.54, 1.807) is 11.0 Å². The molecule has 1 atom stereocenters. The number of likely N-dealkylation sites (N-methyl/N-ethyl adjacent to an activating group) is 1. The second-order valence-corrected chi connectivity index (χ2v) is 6.73. The van der Waals surface area contributed by atoms with Crippen LogP contribution in [-0.2, 0) is 11.2 Å². The quantitative estimate of drug-likeness (QED) is 0.723. The Morgan fingerprint density at radius 1 is 1.17 bits per heavy atom. The first kappa shape index (κ1) is 18.7. The summed E-state index contributed by atoms with van der Waals surface area (Å²) < 4.78 is 11.0. The van der Waals surface area contributed by atoms with Crippen molar-refractivity contribution in [1.29, 1.82) is 0 Å². The molecule has 0 bridgehead atoms. The fraction of sp³-hybridized carbons (Fsp3) is 0.227. The van der Waals surface area contributed by atoms with Gasteiger partial charge in [-0.05, 0) is 24.6 Å². The molecule has 0 saturated carbocycles. The van der Waals surface area contributed by atoms with Gasteiger partial charge in [0.1, 0.15) is 24.2 Å². The van der Waals surface area contributed by atoms with Gasteiger partial charge in [0.05, 0.1) is 5.69 Å². The van der Waals surface area contributed by atoms with E-state index in [9.17, 15) is 9.59 Å². The molecule has 0 fully saturated rings. The number of amides is 2. The molecule has 148 valence electrons. The summed E-state index contributed by atoms with van der Waals surface area (Å²) in [5, 5.41) is 6.58. The van der Waals surface area contributed by atoms with Crippen LogP contribution in [0.25, 0.3) is 0 Å². The van der Waals surface area contributed by atoms with Crippen molar-refractivity contribution < 1.29 is 18.8 Å². The van der Waals surface area contributed by atoms with Crippen molar-refractivity contribution in [2.45, 2.75) is 19.4 Å². The number of para-hydroxylation sites is 2. The van der Waals surface area contributed by atoms with Gasteiger partial charge in [0, 0.05) is 19.0 Å². The maximum absolute atomic E-state index is 12.9. The summed E-state index contributed by atoms with van der Waals surface area (Å²) in [5.41, 5.74) is 1.89. The molecule has 0 aliphatic carbocycles. The maximum atomic E-state index is 12.9. The lowest BCUT2D eigenvalue weighted by Crippen LogP contribution is -2.50. The molecule has 2 heterocycles. The zero-order valence-corrected chi connectivity index (χ0v) is 16.0. The fourth-order valence-electron chi connectivity index (χ4n) is 3.32. The fourth-order valence-corrected chi connectivity index (χ4v) is 3.32. The van der Waals surface area contributed by atoms with Crippen LogP contribution in [0.4, 0.5) is 5.69 Å². The highest BCUT2D eigenvalue weighted by Gasteiger charge is 2.32. The van der Waals surface area contributed by atoms with Gasteiger partial charge in [-0.15, -0.1) is 0 Å². The zero-order valence-electron chi connectivity index (χ0n) is 16.0. The Bertz CT molecular complexity index is 1020. The minimum atomic E-state index is -0.816. The van der Waals surface area contributed by atoms with Crippen LogP contribution in [0.15, 0.2) is 65.2 Å². The molecule has 29 heavy (non-hydrogen) atoms. The smallest absolute Gasteiger partial charge is 0.274 e. The van der Waals surface area contributed by atoms with Crippen molar-refractivity contribution in [2.24, 2.45) is 0 Å². The molecule has 1 N–H and O–H groups in total. The summed E-state index contributed by atoms with van der Waals surface area (Å²) >= 11 is 0. The van der Waals surface area contributed by atoms with Gasteiger partial charge < -0.3 is 19.5 Å². The molecule has 0 radical (unpaired) electrons. The highest BCUT2D eigenvalue weighted by molar-refractivity contribution is 6.03. The number of carbonyl (C=O) groups is 2. The predicted molar refractivity (Wildman–Crippen MR) is 107 cm³/mol. The first-order valence-corrected chi connectivity index (χ1v) is 9.49. The molecule has 7 nitrogen and oxygen atoms in total. The van der Waals surface area contributed by atoms with E-state index in [-0.39, 0.29) is 18.2 Å². The molecular weight excluding hydrogens is 370 g/mol. The molecule has 1 aromatic heterocycles. The van der Waals surface area contributed by atoms with E-state index in [0.717, 1.165) is 5.56 Å². The largest absolute Gasteiger partial charge is 0.489 e. The van der Waals surface area contributed by atoms with Crippen LogP contribution in [0.3, 0.4) is 0 Å². The third-order valence-electron chi connectivity index (χ3n) is 4.76. The Kier molecular flexibility index (Phi) is 5.29. The number of carbonyl (C=O) groups excluding carboxylic acids is 2. The van der Waals surface area contributed by atoms with Crippen molar-refractivity contribution >= 4 is 17.5 Å². The van der Waals surface area contributed by atoms with E-state index >= 15 is 0 Å². The number of anilines is 1. The Morgan fingerprint density at radius 3 is 2.72 bits per heavy atom. The monoisotopic (exact) mass is 391 g/mol. The molecule has 2 amide bonds. The van der Waals surface area contributed by atoms with Gasteiger partial charge in [-0.3, -0.25) is 9.59 Å². The number of aromatic nitrogens is 1. The second-order valence-electron chi connectivity index (χ2n) is 6.73. The van der Waals surface area contributed by atoms with Crippen molar-refractivity contribution in [2.75, 3.05) is 18.1 Å². The van der Waals surface area contributed by atoms with Gasteiger partial charge >= 0.3 is 0 Å². The van der Waals surface area contributed by atoms with Crippen molar-refractivity contribution in [3.05, 3.63) is 77.7 Å². The van der Waals surface area contributed by atoms with Crippen LogP contribution in [-0.4, -0.2) is 36.2 Å². The van der Waals surface area contributed by atoms with Crippen molar-refractivity contribution in [3.63, 3.8) is 0 Å². The van der Waals surface area contributed by atoms with Crippen LogP contribution < -0.4 is 15.0 Å². The molecular formula is C22H21N3O4. The van der Waals surface area contributed by atoms with E-state index in [2.05, 4.69) is 10.5 Å². The lowest BCUT2D eigenvalue weighted by molar-refractivity contribution is -0.120. The molecule has 0 spiro atoms. The topological polar surface area (TPSA) is 84.7 Å². The number of rotatable bonds is 5. The van der Waals surface area contributed by atoms with Crippen molar-refractivity contribution in [3.8, 4) is 5.75 Å². The van der Waals surface area contributed by atoms with E-state index in [0.29, 0.717) is 30.2 Å². The van der Waals surface area contributed by atoms with Gasteiger partial charge in [-0.25, -0.2) is 0 Å². The van der Waals surface area contributed by atoms with E-state index in [4.69, 9.17) is 9.26 Å². The van der Waals surface area contributed by atoms with Gasteiger partial charge in [0.15, 0.2) is 5.69 Å². The number of fused-ring (bicyclic) bond motifs is 1. The Balaban J connectivity index is 1.46. The van der Waals surface area contributed by atoms with Crippen LogP contribution >= 0.6 is 0 Å². The number of hydrogen-bond acceptors (Lipinski definition) is 5. The van der Waals surface area contributed by atoms with Gasteiger partial charge in [0.25, 0.3) is 11.8 Å². The number of ether oxygens (including phenoxy) is 1. The molecule has 3 aromatic rings. The second kappa shape index (κ2) is 8.18. The average Bonchev–Trinajstić information content (AvgIpc) is 3.16. The maximum Gasteiger partial charge on any atom is 0.274 e. The summed E-state index contributed by atoms with van der Waals surface area (Å²) in [6, 6.07) is 17.9. The summed E-state index contributed by atoms with van der Waals surface area (Å²) in [4.78, 5) is 27.2. The molecule has 4 rings (SSSR count). The first-order valence-electron chi connectivity index (χ1n) is 9.49. The molecule has 1 aliphatic rings. The lowest BCUT2D eigenvalue weighted by atomic mass is 10.1. The molecule has 1 aliphatic heterocycles. The summed E-state index contributed by atoms with van der Waals surface area (Å²) in [7, 11) is 0. The number of hydrogen-bond donors (Lipinski definition) is 1. The SMILES string of the molecule is CCN1C(=O)C(NC(=O)c2cc(Cc3ccccc3)on2)COc2ccccc21.